The molecule has 0 radical (unpaired) electrons. The van der Waals surface area contributed by atoms with Gasteiger partial charge in [0.15, 0.2) is 5.78 Å². The van der Waals surface area contributed by atoms with Gasteiger partial charge in [0.1, 0.15) is 17.8 Å². The lowest BCUT2D eigenvalue weighted by Gasteiger charge is -2.12. The van der Waals surface area contributed by atoms with Crippen molar-refractivity contribution in [3.8, 4) is 0 Å². The molecular weight excluding hydrogens is 475 g/mol. The summed E-state index contributed by atoms with van der Waals surface area (Å²) in [7, 11) is 0. The molecule has 2 heterocycles. The lowest BCUT2D eigenvalue weighted by Crippen LogP contribution is -2.20. The van der Waals surface area contributed by atoms with Gasteiger partial charge in [0.2, 0.25) is 0 Å². The normalized spacial score (nSPS) is 11.1. The molecule has 2 aromatic heterocycles. The number of fused-ring (bicyclic) bond motifs is 1. The maximum absolute atomic E-state index is 13.5. The summed E-state index contributed by atoms with van der Waals surface area (Å²) in [6, 6.07) is 9.41. The Morgan fingerprint density at radius 3 is 2.47 bits per heavy atom. The van der Waals surface area contributed by atoms with E-state index < -0.39 is 6.03 Å². The third-order valence-electron chi connectivity index (χ3n) is 5.37. The van der Waals surface area contributed by atoms with Crippen molar-refractivity contribution in [1.29, 1.82) is 0 Å². The Morgan fingerprint density at radius 2 is 1.76 bits per heavy atom. The highest BCUT2D eigenvalue weighted by Crippen LogP contribution is 2.30. The van der Waals surface area contributed by atoms with Crippen LogP contribution in [0.3, 0.4) is 0 Å². The maximum atomic E-state index is 13.5. The minimum atomic E-state index is -0.508. The number of amides is 2. The van der Waals surface area contributed by atoms with Crippen molar-refractivity contribution in [2.45, 2.75) is 26.8 Å². The van der Waals surface area contributed by atoms with Gasteiger partial charge in [-0.2, -0.15) is 0 Å². The van der Waals surface area contributed by atoms with E-state index in [2.05, 4.69) is 20.6 Å². The first-order valence-electron chi connectivity index (χ1n) is 10.4. The van der Waals surface area contributed by atoms with Crippen LogP contribution < -0.4 is 16.4 Å². The number of aromatic nitrogens is 3. The second-order valence-corrected chi connectivity index (χ2v) is 8.91. The molecule has 0 aliphatic carbocycles. The van der Waals surface area contributed by atoms with Crippen molar-refractivity contribution < 1.29 is 9.59 Å². The number of nitrogens with two attached hydrogens (primary N) is 1. The minimum Gasteiger partial charge on any atom is -0.383 e. The van der Waals surface area contributed by atoms with E-state index >= 15 is 0 Å². The fourth-order valence-corrected chi connectivity index (χ4v) is 4.05. The zero-order chi connectivity index (χ0) is 24.6. The van der Waals surface area contributed by atoms with E-state index in [1.807, 2.05) is 25.3 Å². The number of carbonyl (C=O) groups excluding carboxylic acids is 2. The Balaban J connectivity index is 1.65. The number of hydrogen-bond donors (Lipinski definition) is 3. The number of ketones is 1. The first-order chi connectivity index (χ1) is 16.2. The van der Waals surface area contributed by atoms with Crippen LogP contribution in [0.5, 0.6) is 0 Å². The van der Waals surface area contributed by atoms with Gasteiger partial charge in [0, 0.05) is 28.5 Å². The molecule has 0 saturated heterocycles. The highest BCUT2D eigenvalue weighted by molar-refractivity contribution is 6.36. The lowest BCUT2D eigenvalue weighted by molar-refractivity contribution is 0.104. The van der Waals surface area contributed by atoms with Crippen LogP contribution in [-0.2, 0) is 0 Å². The van der Waals surface area contributed by atoms with Gasteiger partial charge in [-0.25, -0.2) is 14.8 Å². The molecule has 0 aliphatic rings. The molecule has 4 aromatic rings. The molecule has 0 atom stereocenters. The van der Waals surface area contributed by atoms with Crippen LogP contribution in [0.2, 0.25) is 10.0 Å². The quantitative estimate of drug-likeness (QED) is 0.289. The molecule has 2 aromatic carbocycles. The Morgan fingerprint density at radius 1 is 1.03 bits per heavy atom. The summed E-state index contributed by atoms with van der Waals surface area (Å²) >= 11 is 12.0. The summed E-state index contributed by atoms with van der Waals surface area (Å²) in [5.74, 6) is -0.0208. The summed E-state index contributed by atoms with van der Waals surface area (Å²) in [6.45, 7) is 5.81. The third-order valence-corrected chi connectivity index (χ3v) is 5.91. The van der Waals surface area contributed by atoms with Gasteiger partial charge in [-0.15, -0.1) is 0 Å². The number of aryl methyl sites for hydroxylation is 1. The summed E-state index contributed by atoms with van der Waals surface area (Å²) in [5, 5.41) is 6.73. The molecule has 0 spiro atoms. The summed E-state index contributed by atoms with van der Waals surface area (Å²) in [6.07, 6.45) is 3.12. The van der Waals surface area contributed by atoms with Crippen molar-refractivity contribution in [1.82, 2.24) is 14.5 Å². The van der Waals surface area contributed by atoms with Gasteiger partial charge in [-0.05, 0) is 50.6 Å². The van der Waals surface area contributed by atoms with E-state index in [0.29, 0.717) is 43.6 Å². The number of halogens is 2. The summed E-state index contributed by atoms with van der Waals surface area (Å²) < 4.78 is 1.89. The summed E-state index contributed by atoms with van der Waals surface area (Å²) in [5.41, 5.74) is 9.14. The van der Waals surface area contributed by atoms with Crippen LogP contribution in [0.15, 0.2) is 48.9 Å². The van der Waals surface area contributed by atoms with Crippen molar-refractivity contribution >= 4 is 63.2 Å². The highest BCUT2D eigenvalue weighted by atomic mass is 35.5. The molecule has 0 aliphatic heterocycles. The molecule has 34 heavy (non-hydrogen) atoms. The number of urea groups is 1. The SMILES string of the molecule is Cc1ccc(C(=O)c2cn(C(C)C)c3ncnc(N)c23)cc1NC(=O)Nc1ccc(Cl)cc1Cl. The zero-order valence-electron chi connectivity index (χ0n) is 18.7. The molecule has 0 unspecified atom stereocenters. The number of rotatable bonds is 5. The fraction of sp³-hybridized carbons (Fsp3) is 0.167. The predicted octanol–water partition coefficient (Wildman–Crippen LogP) is 6.08. The number of nitrogen functional groups attached to an aromatic ring is 1. The predicted molar refractivity (Wildman–Crippen MR) is 136 cm³/mol. The van der Waals surface area contributed by atoms with Crippen molar-refractivity contribution in [2.75, 3.05) is 16.4 Å². The Hall–Kier alpha value is -3.62. The smallest absolute Gasteiger partial charge is 0.323 e. The Labute approximate surface area is 206 Å². The van der Waals surface area contributed by atoms with E-state index in [9.17, 15) is 9.59 Å². The Kier molecular flexibility index (Phi) is 6.45. The van der Waals surface area contributed by atoms with Crippen molar-refractivity contribution in [3.63, 3.8) is 0 Å². The topological polar surface area (TPSA) is 115 Å². The van der Waals surface area contributed by atoms with E-state index in [1.165, 1.54) is 12.4 Å². The van der Waals surface area contributed by atoms with Crippen molar-refractivity contribution in [3.05, 3.63) is 75.7 Å². The molecule has 0 bridgehead atoms. The van der Waals surface area contributed by atoms with Gasteiger partial charge in [-0.3, -0.25) is 4.79 Å². The van der Waals surface area contributed by atoms with E-state index in [-0.39, 0.29) is 17.6 Å². The van der Waals surface area contributed by atoms with Crippen LogP contribution in [-0.4, -0.2) is 26.3 Å². The molecule has 0 saturated carbocycles. The number of hydrogen-bond acceptors (Lipinski definition) is 5. The van der Waals surface area contributed by atoms with Crippen LogP contribution in [0.25, 0.3) is 11.0 Å². The standard InChI is InChI=1S/C24H22Cl2N6O2/c1-12(2)32-10-16(20-22(27)28-11-29-23(20)32)21(33)14-5-4-13(3)19(8-14)31-24(34)30-18-7-6-15(25)9-17(18)26/h4-12H,1-3H3,(H2,27,28,29)(H2,30,31,34). The molecule has 10 heteroatoms. The fourth-order valence-electron chi connectivity index (χ4n) is 3.59. The lowest BCUT2D eigenvalue weighted by atomic mass is 10.0. The van der Waals surface area contributed by atoms with Crippen molar-refractivity contribution in [2.24, 2.45) is 0 Å². The zero-order valence-corrected chi connectivity index (χ0v) is 20.2. The largest absolute Gasteiger partial charge is 0.383 e. The maximum Gasteiger partial charge on any atom is 0.323 e. The molecule has 174 valence electrons. The van der Waals surface area contributed by atoms with Crippen LogP contribution in [0.1, 0.15) is 41.4 Å². The van der Waals surface area contributed by atoms with Gasteiger partial charge >= 0.3 is 6.03 Å². The first kappa shape index (κ1) is 23.5. The molecule has 2 amide bonds. The first-order valence-corrected chi connectivity index (χ1v) is 11.2. The molecular formula is C24H22Cl2N6O2. The van der Waals surface area contributed by atoms with E-state index in [1.54, 1.807) is 36.5 Å². The minimum absolute atomic E-state index is 0.0667. The van der Waals surface area contributed by atoms with E-state index in [0.717, 1.165) is 5.56 Å². The Bertz CT molecular complexity index is 1430. The van der Waals surface area contributed by atoms with Gasteiger partial charge in [-0.1, -0.05) is 35.3 Å². The average Bonchev–Trinajstić information content (AvgIpc) is 3.18. The second kappa shape index (κ2) is 9.32. The number of carbonyl (C=O) groups is 2. The molecule has 4 rings (SSSR count). The van der Waals surface area contributed by atoms with Crippen LogP contribution in [0, 0.1) is 6.92 Å². The average molecular weight is 497 g/mol. The van der Waals surface area contributed by atoms with Gasteiger partial charge in [0.25, 0.3) is 0 Å². The molecule has 4 N–H and O–H groups in total. The monoisotopic (exact) mass is 496 g/mol. The van der Waals surface area contributed by atoms with Gasteiger partial charge < -0.3 is 20.9 Å². The van der Waals surface area contributed by atoms with E-state index in [4.69, 9.17) is 28.9 Å². The number of anilines is 3. The van der Waals surface area contributed by atoms with Crippen LogP contribution in [0.4, 0.5) is 22.0 Å². The molecule has 8 nitrogen and oxygen atoms in total. The number of nitrogens with zero attached hydrogens (tertiary/aromatic N) is 3. The molecule has 0 fully saturated rings. The van der Waals surface area contributed by atoms with Gasteiger partial charge in [0.05, 0.1) is 21.7 Å². The van der Waals surface area contributed by atoms with Crippen LogP contribution >= 0.6 is 23.2 Å². The highest BCUT2D eigenvalue weighted by Gasteiger charge is 2.22. The number of benzene rings is 2. The summed E-state index contributed by atoms with van der Waals surface area (Å²) in [4.78, 5) is 34.4. The third kappa shape index (κ3) is 4.55. The second-order valence-electron chi connectivity index (χ2n) is 8.06. The number of nitrogens with one attached hydrogen (secondary N) is 2.